The van der Waals surface area contributed by atoms with Crippen molar-refractivity contribution in [1.82, 2.24) is 0 Å². The molecule has 0 amide bonds. The van der Waals surface area contributed by atoms with Gasteiger partial charge in [-0.25, -0.2) is 4.79 Å². The second-order valence-electron chi connectivity index (χ2n) is 8.13. The van der Waals surface area contributed by atoms with Crippen molar-refractivity contribution in [3.63, 3.8) is 0 Å². The molecule has 0 saturated carbocycles. The Kier molecular flexibility index (Phi) is 10.6. The topological polar surface area (TPSA) is 44.8 Å². The van der Waals surface area contributed by atoms with Gasteiger partial charge in [0.2, 0.25) is 0 Å². The number of hydrogen-bond donors (Lipinski definition) is 0. The summed E-state index contributed by atoms with van der Waals surface area (Å²) in [5.41, 5.74) is -0.154. The summed E-state index contributed by atoms with van der Waals surface area (Å²) < 4.78 is 117. The number of benzene rings is 2. The number of halogens is 8. The Labute approximate surface area is 208 Å². The average molecular weight is 542 g/mol. The lowest BCUT2D eigenvalue weighted by Gasteiger charge is -2.30. The molecule has 0 aliphatic rings. The van der Waals surface area contributed by atoms with Crippen LogP contribution in [-0.4, -0.2) is 37.0 Å². The van der Waals surface area contributed by atoms with Crippen LogP contribution in [0.2, 0.25) is 0 Å². The fraction of sp³-hybridized carbons (Fsp3) is 0.480. The van der Waals surface area contributed by atoms with Gasteiger partial charge in [0.15, 0.2) is 0 Å². The molecule has 12 heteroatoms. The minimum Gasteiger partial charge on any atom is -0.494 e. The van der Waals surface area contributed by atoms with E-state index in [-0.39, 0.29) is 11.3 Å². The minimum absolute atomic E-state index is 0.148. The first-order chi connectivity index (χ1) is 17.3. The number of carbonyl (C=O) groups excluding carboxylic acids is 1. The number of hydrogen-bond acceptors (Lipinski definition) is 4. The van der Waals surface area contributed by atoms with E-state index < -0.39 is 36.1 Å². The number of rotatable bonds is 14. The van der Waals surface area contributed by atoms with E-state index in [0.29, 0.717) is 12.4 Å². The lowest BCUT2D eigenvalue weighted by Crippen LogP contribution is -2.58. The highest BCUT2D eigenvalue weighted by molar-refractivity contribution is 5.91. The van der Waals surface area contributed by atoms with Crippen LogP contribution in [0.1, 0.15) is 55.8 Å². The zero-order valence-corrected chi connectivity index (χ0v) is 19.8. The maximum Gasteiger partial charge on any atom is 0.460 e. The Morgan fingerprint density at radius 3 is 1.84 bits per heavy atom. The van der Waals surface area contributed by atoms with E-state index in [0.717, 1.165) is 43.5 Å². The molecule has 1 unspecified atom stereocenters. The van der Waals surface area contributed by atoms with Crippen LogP contribution in [0.4, 0.5) is 35.1 Å². The molecule has 0 bridgehead atoms. The molecule has 0 aliphatic heterocycles. The van der Waals surface area contributed by atoms with E-state index in [1.54, 1.807) is 12.1 Å². The molecule has 0 radical (unpaired) electrons. The highest BCUT2D eigenvalue weighted by Gasteiger charge is 2.77. The first-order valence-corrected chi connectivity index (χ1v) is 11.5. The van der Waals surface area contributed by atoms with E-state index in [9.17, 15) is 39.9 Å². The summed E-state index contributed by atoms with van der Waals surface area (Å²) >= 11 is 0. The summed E-state index contributed by atoms with van der Waals surface area (Å²) in [7, 11) is 0. The van der Waals surface area contributed by atoms with Crippen LogP contribution in [0, 0.1) is 0 Å². The summed E-state index contributed by atoms with van der Waals surface area (Å²) in [6.45, 7) is 2.69. The SMILES string of the molecule is CCCCCCCCOc1ccc(OC(=O)c2ccc(OC(F)C(F)(F)C(F)(F)C(F)(F)F)cc2)cc1. The molecular weight excluding hydrogens is 516 g/mol. The van der Waals surface area contributed by atoms with Crippen molar-refractivity contribution < 1.29 is 54.1 Å². The van der Waals surface area contributed by atoms with Gasteiger partial charge in [-0.05, 0) is 55.0 Å². The molecular formula is C25H26F8O4. The predicted octanol–water partition coefficient (Wildman–Crippen LogP) is 8.15. The van der Waals surface area contributed by atoms with Gasteiger partial charge in [0, 0.05) is 0 Å². The normalized spacial score (nSPS) is 13.2. The third-order valence-electron chi connectivity index (χ3n) is 5.19. The molecule has 0 fully saturated rings. The van der Waals surface area contributed by atoms with Crippen molar-refractivity contribution >= 4 is 5.97 Å². The lowest BCUT2D eigenvalue weighted by molar-refractivity contribution is -0.379. The van der Waals surface area contributed by atoms with Crippen LogP contribution in [0.25, 0.3) is 0 Å². The minimum atomic E-state index is -6.70. The van der Waals surface area contributed by atoms with E-state index in [4.69, 9.17) is 9.47 Å². The molecule has 4 nitrogen and oxygen atoms in total. The largest absolute Gasteiger partial charge is 0.494 e. The van der Waals surface area contributed by atoms with Crippen molar-refractivity contribution in [3.8, 4) is 17.2 Å². The van der Waals surface area contributed by atoms with E-state index >= 15 is 0 Å². The standard InChI is InChI=1S/C25H26F8O4/c1-2-3-4-5-6-7-16-35-18-12-14-19(15-13-18)36-21(34)17-8-10-20(11-9-17)37-22(26)23(27,28)24(29,30)25(31,32)33/h8-15,22H,2-7,16H2,1H3. The molecule has 0 heterocycles. The van der Waals surface area contributed by atoms with Crippen molar-refractivity contribution in [1.29, 1.82) is 0 Å². The fourth-order valence-corrected chi connectivity index (χ4v) is 3.04. The number of unbranched alkanes of at least 4 members (excludes halogenated alkanes) is 5. The van der Waals surface area contributed by atoms with Gasteiger partial charge in [-0.2, -0.15) is 35.1 Å². The number of esters is 1. The molecule has 37 heavy (non-hydrogen) atoms. The smallest absolute Gasteiger partial charge is 0.460 e. The van der Waals surface area contributed by atoms with Crippen LogP contribution in [0.15, 0.2) is 48.5 Å². The summed E-state index contributed by atoms with van der Waals surface area (Å²) in [5.74, 6) is -13.9. The zero-order valence-electron chi connectivity index (χ0n) is 19.8. The Morgan fingerprint density at radius 1 is 0.757 bits per heavy atom. The van der Waals surface area contributed by atoms with Gasteiger partial charge in [0.05, 0.1) is 12.2 Å². The van der Waals surface area contributed by atoms with E-state index in [1.807, 2.05) is 0 Å². The maximum absolute atomic E-state index is 13.6. The van der Waals surface area contributed by atoms with Crippen LogP contribution >= 0.6 is 0 Å². The van der Waals surface area contributed by atoms with Gasteiger partial charge < -0.3 is 14.2 Å². The quantitative estimate of drug-likeness (QED) is 0.105. The molecule has 0 saturated heterocycles. The summed E-state index contributed by atoms with van der Waals surface area (Å²) in [6, 6.07) is 9.48. The van der Waals surface area contributed by atoms with E-state index in [1.165, 1.54) is 31.4 Å². The highest BCUT2D eigenvalue weighted by atomic mass is 19.4. The van der Waals surface area contributed by atoms with Gasteiger partial charge in [-0.15, -0.1) is 0 Å². The van der Waals surface area contributed by atoms with E-state index in [2.05, 4.69) is 11.7 Å². The Morgan fingerprint density at radius 2 is 1.27 bits per heavy atom. The summed E-state index contributed by atoms with van der Waals surface area (Å²) in [4.78, 5) is 12.2. The zero-order chi connectivity index (χ0) is 27.7. The molecule has 2 rings (SSSR count). The molecule has 2 aromatic rings. The second kappa shape index (κ2) is 13.0. The van der Waals surface area contributed by atoms with Gasteiger partial charge >= 0.3 is 30.3 Å². The Balaban J connectivity index is 1.87. The third kappa shape index (κ3) is 8.22. The van der Waals surface area contributed by atoms with Gasteiger partial charge in [0.1, 0.15) is 17.2 Å². The number of carbonyl (C=O) groups is 1. The second-order valence-corrected chi connectivity index (χ2v) is 8.13. The molecule has 2 aromatic carbocycles. The molecule has 206 valence electrons. The first kappa shape index (κ1) is 30.2. The fourth-order valence-electron chi connectivity index (χ4n) is 3.04. The van der Waals surface area contributed by atoms with Gasteiger partial charge in [-0.3, -0.25) is 0 Å². The average Bonchev–Trinajstić information content (AvgIpc) is 2.84. The Bertz CT molecular complexity index is 976. The maximum atomic E-state index is 13.6. The number of ether oxygens (including phenoxy) is 3. The lowest BCUT2D eigenvalue weighted by atomic mass is 10.1. The van der Waals surface area contributed by atoms with Crippen LogP contribution in [0.3, 0.4) is 0 Å². The number of alkyl halides is 8. The highest BCUT2D eigenvalue weighted by Crippen LogP contribution is 2.49. The van der Waals surface area contributed by atoms with Crippen molar-refractivity contribution in [2.45, 2.75) is 69.8 Å². The van der Waals surface area contributed by atoms with Crippen LogP contribution < -0.4 is 14.2 Å². The molecule has 0 aliphatic carbocycles. The molecule has 0 aromatic heterocycles. The molecule has 0 N–H and O–H groups in total. The third-order valence-corrected chi connectivity index (χ3v) is 5.19. The van der Waals surface area contributed by atoms with Crippen molar-refractivity contribution in [2.24, 2.45) is 0 Å². The summed E-state index contributed by atoms with van der Waals surface area (Å²) in [5, 5.41) is 0. The summed E-state index contributed by atoms with van der Waals surface area (Å²) in [6.07, 6.45) is -4.32. The van der Waals surface area contributed by atoms with Crippen LogP contribution in [0.5, 0.6) is 17.2 Å². The van der Waals surface area contributed by atoms with Crippen molar-refractivity contribution in [2.75, 3.05) is 6.61 Å². The Hall–Kier alpha value is -3.05. The van der Waals surface area contributed by atoms with Crippen LogP contribution in [-0.2, 0) is 0 Å². The monoisotopic (exact) mass is 542 g/mol. The first-order valence-electron chi connectivity index (χ1n) is 11.5. The molecule has 0 spiro atoms. The predicted molar refractivity (Wildman–Crippen MR) is 118 cm³/mol. The van der Waals surface area contributed by atoms with Gasteiger partial charge in [0.25, 0.3) is 0 Å². The molecule has 1 atom stereocenters. The van der Waals surface area contributed by atoms with Crippen molar-refractivity contribution in [3.05, 3.63) is 54.1 Å². The van der Waals surface area contributed by atoms with Gasteiger partial charge in [-0.1, -0.05) is 39.0 Å².